The Morgan fingerprint density at radius 2 is 0.710 bits per heavy atom. The minimum absolute atomic E-state index is 0.318. The third-order valence-corrected chi connectivity index (χ3v) is 6.88. The zero-order chi connectivity index (χ0) is 23.4. The van der Waals surface area contributed by atoms with Crippen LogP contribution in [0.4, 0.5) is 0 Å². The molecule has 1 heteroatoms. The predicted octanol–water partition coefficient (Wildman–Crippen LogP) is 10.6. The number of hydrogen-bond donors (Lipinski definition) is 0. The Morgan fingerprint density at radius 3 is 1.00 bits per heavy atom. The summed E-state index contributed by atoms with van der Waals surface area (Å²) in [7, 11) is 0. The SMILES string of the molecule is CCCCCCCCCCCN(CCCCCCCCCCC)C(C)(C)CC(C)(C)C. The molecule has 0 rings (SSSR count). The van der Waals surface area contributed by atoms with E-state index < -0.39 is 0 Å². The zero-order valence-corrected chi connectivity index (χ0v) is 23.3. The summed E-state index contributed by atoms with van der Waals surface area (Å²) in [4.78, 5) is 2.85. The van der Waals surface area contributed by atoms with Crippen molar-refractivity contribution in [2.75, 3.05) is 13.1 Å². The smallest absolute Gasteiger partial charge is 0.0158 e. The van der Waals surface area contributed by atoms with Crippen LogP contribution in [-0.4, -0.2) is 23.5 Å². The number of hydrogen-bond acceptors (Lipinski definition) is 1. The largest absolute Gasteiger partial charge is 0.298 e. The molecule has 0 atom stereocenters. The number of unbranched alkanes of at least 4 members (excludes halogenated alkanes) is 16. The Morgan fingerprint density at radius 1 is 0.419 bits per heavy atom. The van der Waals surface area contributed by atoms with Gasteiger partial charge in [-0.15, -0.1) is 0 Å². The van der Waals surface area contributed by atoms with Gasteiger partial charge in [0, 0.05) is 5.54 Å². The summed E-state index contributed by atoms with van der Waals surface area (Å²) in [5.41, 5.74) is 0.720. The van der Waals surface area contributed by atoms with Crippen LogP contribution in [0.25, 0.3) is 0 Å². The molecule has 0 unspecified atom stereocenters. The lowest BCUT2D eigenvalue weighted by Gasteiger charge is -2.43. The quantitative estimate of drug-likeness (QED) is 0.152. The fourth-order valence-corrected chi connectivity index (χ4v) is 5.35. The molecular formula is C30H63N. The van der Waals surface area contributed by atoms with Crippen molar-refractivity contribution in [2.24, 2.45) is 5.41 Å². The van der Waals surface area contributed by atoms with Crippen molar-refractivity contribution in [1.29, 1.82) is 0 Å². The van der Waals surface area contributed by atoms with E-state index in [1.807, 2.05) is 0 Å². The van der Waals surface area contributed by atoms with Gasteiger partial charge in [0.1, 0.15) is 0 Å². The van der Waals surface area contributed by atoms with Gasteiger partial charge < -0.3 is 0 Å². The standard InChI is InChI=1S/C30H63N/c1-8-10-12-14-16-18-20-22-24-26-31(30(6,7)28-29(3,4)5)27-25-23-21-19-17-15-13-11-9-2/h8-28H2,1-7H3. The molecule has 1 nitrogen and oxygen atoms in total. The van der Waals surface area contributed by atoms with Gasteiger partial charge in [-0.2, -0.15) is 0 Å². The molecule has 0 aliphatic carbocycles. The van der Waals surface area contributed by atoms with Crippen molar-refractivity contribution in [2.45, 2.75) is 176 Å². The van der Waals surface area contributed by atoms with Gasteiger partial charge in [-0.1, -0.05) is 137 Å². The van der Waals surface area contributed by atoms with E-state index in [0.717, 1.165) is 0 Å². The summed E-state index contributed by atoms with van der Waals surface area (Å²) in [6, 6.07) is 0. The van der Waals surface area contributed by atoms with E-state index in [9.17, 15) is 0 Å². The Hall–Kier alpha value is -0.0400. The Kier molecular flexibility index (Phi) is 19.4. The molecule has 0 saturated heterocycles. The van der Waals surface area contributed by atoms with Crippen LogP contribution in [0.15, 0.2) is 0 Å². The molecule has 0 heterocycles. The molecule has 31 heavy (non-hydrogen) atoms. The van der Waals surface area contributed by atoms with E-state index in [4.69, 9.17) is 0 Å². The topological polar surface area (TPSA) is 3.24 Å². The van der Waals surface area contributed by atoms with Crippen LogP contribution in [0, 0.1) is 5.41 Å². The lowest BCUT2D eigenvalue weighted by molar-refractivity contribution is 0.0730. The Balaban J connectivity index is 4.18. The molecule has 188 valence electrons. The molecule has 0 radical (unpaired) electrons. The molecule has 0 N–H and O–H groups in total. The summed E-state index contributed by atoms with van der Waals surface area (Å²) in [5, 5.41) is 0. The highest BCUT2D eigenvalue weighted by molar-refractivity contribution is 4.86. The normalized spacial score (nSPS) is 12.8. The van der Waals surface area contributed by atoms with Crippen LogP contribution in [0.1, 0.15) is 170 Å². The summed E-state index contributed by atoms with van der Waals surface area (Å²) in [6.07, 6.45) is 27.0. The van der Waals surface area contributed by atoms with Gasteiger partial charge >= 0.3 is 0 Å². The zero-order valence-electron chi connectivity index (χ0n) is 23.3. The first kappa shape index (κ1) is 31.0. The van der Waals surface area contributed by atoms with Crippen molar-refractivity contribution in [3.63, 3.8) is 0 Å². The average Bonchev–Trinajstić information content (AvgIpc) is 2.67. The van der Waals surface area contributed by atoms with Gasteiger partial charge in [0.05, 0.1) is 0 Å². The highest BCUT2D eigenvalue weighted by atomic mass is 15.2. The van der Waals surface area contributed by atoms with E-state index in [1.54, 1.807) is 0 Å². The number of rotatable bonds is 22. The Bertz CT molecular complexity index is 343. The van der Waals surface area contributed by atoms with Crippen molar-refractivity contribution < 1.29 is 0 Å². The molecule has 0 aliphatic heterocycles. The van der Waals surface area contributed by atoms with Gasteiger partial charge in [-0.3, -0.25) is 4.90 Å². The molecule has 0 fully saturated rings. The summed E-state index contributed by atoms with van der Waals surface area (Å²) >= 11 is 0. The first-order chi connectivity index (χ1) is 14.7. The van der Waals surface area contributed by atoms with Gasteiger partial charge in [-0.25, -0.2) is 0 Å². The monoisotopic (exact) mass is 437 g/mol. The Labute approximate surface area is 199 Å². The van der Waals surface area contributed by atoms with Crippen LogP contribution in [0.2, 0.25) is 0 Å². The van der Waals surface area contributed by atoms with Gasteiger partial charge in [0.2, 0.25) is 0 Å². The van der Waals surface area contributed by atoms with Crippen molar-refractivity contribution in [3.05, 3.63) is 0 Å². The second-order valence-corrected chi connectivity index (χ2v) is 12.2. The minimum atomic E-state index is 0.318. The number of nitrogens with zero attached hydrogens (tertiary/aromatic N) is 1. The highest BCUT2D eigenvalue weighted by Crippen LogP contribution is 2.32. The first-order valence-corrected chi connectivity index (χ1v) is 14.5. The van der Waals surface area contributed by atoms with Gasteiger partial charge in [0.25, 0.3) is 0 Å². The van der Waals surface area contributed by atoms with E-state index in [2.05, 4.69) is 53.4 Å². The summed E-state index contributed by atoms with van der Waals surface area (Å²) in [5.74, 6) is 0. The average molecular weight is 438 g/mol. The second kappa shape index (κ2) is 19.4. The van der Waals surface area contributed by atoms with E-state index in [1.165, 1.54) is 135 Å². The van der Waals surface area contributed by atoms with Crippen molar-refractivity contribution in [3.8, 4) is 0 Å². The maximum atomic E-state index is 2.85. The maximum Gasteiger partial charge on any atom is 0.0158 e. The lowest BCUT2D eigenvalue weighted by Crippen LogP contribution is -2.47. The molecule has 0 spiro atoms. The van der Waals surface area contributed by atoms with Crippen LogP contribution in [0.3, 0.4) is 0 Å². The van der Waals surface area contributed by atoms with Gasteiger partial charge in [0.15, 0.2) is 0 Å². The van der Waals surface area contributed by atoms with Gasteiger partial charge in [-0.05, 0) is 51.6 Å². The third kappa shape index (κ3) is 20.3. The van der Waals surface area contributed by atoms with Crippen LogP contribution in [-0.2, 0) is 0 Å². The van der Waals surface area contributed by atoms with E-state index >= 15 is 0 Å². The van der Waals surface area contributed by atoms with Crippen molar-refractivity contribution >= 4 is 0 Å². The minimum Gasteiger partial charge on any atom is -0.298 e. The fourth-order valence-electron chi connectivity index (χ4n) is 5.35. The fraction of sp³-hybridized carbons (Fsp3) is 1.00. The van der Waals surface area contributed by atoms with Crippen LogP contribution < -0.4 is 0 Å². The molecule has 0 amide bonds. The summed E-state index contributed by atoms with van der Waals surface area (Å²) < 4.78 is 0. The molecule has 0 aliphatic rings. The molecule has 0 saturated carbocycles. The van der Waals surface area contributed by atoms with Crippen LogP contribution in [0.5, 0.6) is 0 Å². The predicted molar refractivity (Wildman–Crippen MR) is 144 cm³/mol. The first-order valence-electron chi connectivity index (χ1n) is 14.5. The molecule has 0 aromatic heterocycles. The lowest BCUT2D eigenvalue weighted by atomic mass is 9.80. The van der Waals surface area contributed by atoms with Crippen molar-refractivity contribution in [1.82, 2.24) is 4.90 Å². The molecule has 0 bridgehead atoms. The van der Waals surface area contributed by atoms with E-state index in [0.29, 0.717) is 11.0 Å². The summed E-state index contributed by atoms with van der Waals surface area (Å²) in [6.45, 7) is 19.4. The maximum absolute atomic E-state index is 2.85. The van der Waals surface area contributed by atoms with E-state index in [-0.39, 0.29) is 0 Å². The molecule has 0 aromatic carbocycles. The molecular weight excluding hydrogens is 374 g/mol. The second-order valence-electron chi connectivity index (χ2n) is 12.2. The third-order valence-electron chi connectivity index (χ3n) is 6.88. The molecule has 0 aromatic rings. The highest BCUT2D eigenvalue weighted by Gasteiger charge is 2.30. The van der Waals surface area contributed by atoms with Crippen LogP contribution >= 0.6 is 0 Å².